The van der Waals surface area contributed by atoms with Gasteiger partial charge in [-0.2, -0.15) is 0 Å². The number of oxazole rings is 1. The molecule has 4 rings (SSSR count). The van der Waals surface area contributed by atoms with Crippen LogP contribution in [0.4, 0.5) is 5.69 Å². The van der Waals surface area contributed by atoms with Crippen molar-refractivity contribution in [3.63, 3.8) is 0 Å². The molecule has 0 bridgehead atoms. The number of hydrogen-bond acceptors (Lipinski definition) is 3. The fraction of sp³-hybridized carbons (Fsp3) is 0.0833. The SMILES string of the molecule is CCc1ccc(NC(=O)c2ccccc2-c2ncc(-c3cccc(Br)c3)o2)cc1. The molecule has 5 heteroatoms. The molecule has 4 nitrogen and oxygen atoms in total. The van der Waals surface area contributed by atoms with Gasteiger partial charge in [0.25, 0.3) is 5.91 Å². The highest BCUT2D eigenvalue weighted by Gasteiger charge is 2.17. The van der Waals surface area contributed by atoms with Crippen molar-refractivity contribution in [2.75, 3.05) is 5.32 Å². The molecule has 1 amide bonds. The van der Waals surface area contributed by atoms with Gasteiger partial charge in [0.15, 0.2) is 5.76 Å². The number of carbonyl (C=O) groups is 1. The first-order valence-electron chi connectivity index (χ1n) is 9.35. The second kappa shape index (κ2) is 8.45. The van der Waals surface area contributed by atoms with Gasteiger partial charge >= 0.3 is 0 Å². The Bertz CT molecular complexity index is 1150. The molecular formula is C24H19BrN2O2. The number of aryl methyl sites for hydroxylation is 1. The molecule has 3 aromatic carbocycles. The van der Waals surface area contributed by atoms with Crippen molar-refractivity contribution in [1.82, 2.24) is 4.98 Å². The van der Waals surface area contributed by atoms with Crippen molar-refractivity contribution in [3.8, 4) is 22.8 Å². The summed E-state index contributed by atoms with van der Waals surface area (Å²) in [4.78, 5) is 17.3. The number of hydrogen-bond donors (Lipinski definition) is 1. The lowest BCUT2D eigenvalue weighted by molar-refractivity contribution is 0.102. The van der Waals surface area contributed by atoms with E-state index in [1.807, 2.05) is 66.7 Å². The van der Waals surface area contributed by atoms with Crippen LogP contribution in [0.15, 0.2) is 87.9 Å². The Morgan fingerprint density at radius 1 is 1.03 bits per heavy atom. The quantitative estimate of drug-likeness (QED) is 0.376. The van der Waals surface area contributed by atoms with E-state index >= 15 is 0 Å². The van der Waals surface area contributed by atoms with Crippen LogP contribution in [0.3, 0.4) is 0 Å². The Balaban J connectivity index is 1.62. The second-order valence-corrected chi connectivity index (χ2v) is 7.51. The van der Waals surface area contributed by atoms with Gasteiger partial charge in [-0.3, -0.25) is 4.79 Å². The summed E-state index contributed by atoms with van der Waals surface area (Å²) in [5, 5.41) is 2.95. The summed E-state index contributed by atoms with van der Waals surface area (Å²) in [6, 6.07) is 23.0. The van der Waals surface area contributed by atoms with E-state index in [-0.39, 0.29) is 5.91 Å². The summed E-state index contributed by atoms with van der Waals surface area (Å²) in [5.41, 5.74) is 4.05. The third kappa shape index (κ3) is 4.30. The summed E-state index contributed by atoms with van der Waals surface area (Å²) in [5.74, 6) is 0.853. The molecule has 0 aliphatic carbocycles. The minimum Gasteiger partial charge on any atom is -0.436 e. The van der Waals surface area contributed by atoms with E-state index in [1.54, 1.807) is 12.3 Å². The molecule has 0 radical (unpaired) electrons. The Hall–Kier alpha value is -3.18. The van der Waals surface area contributed by atoms with E-state index in [9.17, 15) is 4.79 Å². The van der Waals surface area contributed by atoms with Crippen LogP contribution in [0.25, 0.3) is 22.8 Å². The van der Waals surface area contributed by atoms with Crippen LogP contribution in [0.2, 0.25) is 0 Å². The van der Waals surface area contributed by atoms with Crippen LogP contribution in [0.5, 0.6) is 0 Å². The van der Waals surface area contributed by atoms with Crippen LogP contribution in [-0.4, -0.2) is 10.9 Å². The topological polar surface area (TPSA) is 55.1 Å². The van der Waals surface area contributed by atoms with E-state index in [1.165, 1.54) is 5.56 Å². The van der Waals surface area contributed by atoms with E-state index < -0.39 is 0 Å². The van der Waals surface area contributed by atoms with Crippen molar-refractivity contribution in [1.29, 1.82) is 0 Å². The third-order valence-electron chi connectivity index (χ3n) is 4.64. The molecule has 0 atom stereocenters. The minimum absolute atomic E-state index is 0.202. The van der Waals surface area contributed by atoms with Crippen LogP contribution in [0, 0.1) is 0 Å². The molecule has 0 aliphatic rings. The van der Waals surface area contributed by atoms with Gasteiger partial charge in [0.2, 0.25) is 5.89 Å². The molecule has 0 saturated heterocycles. The highest BCUT2D eigenvalue weighted by atomic mass is 79.9. The summed E-state index contributed by atoms with van der Waals surface area (Å²) < 4.78 is 6.93. The van der Waals surface area contributed by atoms with Crippen LogP contribution in [0.1, 0.15) is 22.8 Å². The summed E-state index contributed by atoms with van der Waals surface area (Å²) >= 11 is 3.47. The van der Waals surface area contributed by atoms with Crippen molar-refractivity contribution in [2.45, 2.75) is 13.3 Å². The normalized spacial score (nSPS) is 10.7. The van der Waals surface area contributed by atoms with E-state index in [0.717, 1.165) is 22.1 Å². The number of anilines is 1. The average Bonchev–Trinajstić information content (AvgIpc) is 3.24. The number of amides is 1. The fourth-order valence-corrected chi connectivity index (χ4v) is 3.46. The number of halogens is 1. The first-order chi connectivity index (χ1) is 14.1. The van der Waals surface area contributed by atoms with Gasteiger partial charge in [-0.25, -0.2) is 4.98 Å². The Morgan fingerprint density at radius 2 is 1.83 bits per heavy atom. The zero-order valence-corrected chi connectivity index (χ0v) is 17.4. The Kier molecular flexibility index (Phi) is 5.58. The first kappa shape index (κ1) is 19.2. The average molecular weight is 447 g/mol. The Morgan fingerprint density at radius 3 is 2.59 bits per heavy atom. The predicted octanol–water partition coefficient (Wildman–Crippen LogP) is 6.59. The van der Waals surface area contributed by atoms with Crippen molar-refractivity contribution >= 4 is 27.5 Å². The van der Waals surface area contributed by atoms with E-state index in [2.05, 4.69) is 33.2 Å². The predicted molar refractivity (Wildman–Crippen MR) is 119 cm³/mol. The number of benzene rings is 3. The molecule has 0 spiro atoms. The lowest BCUT2D eigenvalue weighted by Gasteiger charge is -2.09. The summed E-state index contributed by atoms with van der Waals surface area (Å²) in [6.45, 7) is 2.10. The van der Waals surface area contributed by atoms with Crippen LogP contribution in [-0.2, 0) is 6.42 Å². The minimum atomic E-state index is -0.202. The van der Waals surface area contributed by atoms with Crippen molar-refractivity contribution in [3.05, 3.63) is 94.6 Å². The molecule has 1 N–H and O–H groups in total. The number of carbonyl (C=O) groups excluding carboxylic acids is 1. The molecule has 1 heterocycles. The van der Waals surface area contributed by atoms with Gasteiger partial charge in [0.05, 0.1) is 11.8 Å². The maximum atomic E-state index is 12.9. The largest absolute Gasteiger partial charge is 0.436 e. The zero-order chi connectivity index (χ0) is 20.2. The van der Waals surface area contributed by atoms with Gasteiger partial charge in [0.1, 0.15) is 0 Å². The van der Waals surface area contributed by atoms with Gasteiger partial charge in [0, 0.05) is 21.3 Å². The lowest BCUT2D eigenvalue weighted by atomic mass is 10.1. The maximum absolute atomic E-state index is 12.9. The first-order valence-corrected chi connectivity index (χ1v) is 10.1. The standard InChI is InChI=1S/C24H19BrN2O2/c1-2-16-10-12-19(13-11-16)27-23(28)20-8-3-4-9-21(20)24-26-15-22(29-24)17-6-5-7-18(25)14-17/h3-15H,2H2,1H3,(H,27,28). The molecule has 0 fully saturated rings. The Labute approximate surface area is 177 Å². The highest BCUT2D eigenvalue weighted by molar-refractivity contribution is 9.10. The molecule has 144 valence electrons. The summed E-state index contributed by atoms with van der Waals surface area (Å²) in [6.07, 6.45) is 2.64. The summed E-state index contributed by atoms with van der Waals surface area (Å²) in [7, 11) is 0. The van der Waals surface area contributed by atoms with Gasteiger partial charge in [-0.15, -0.1) is 0 Å². The van der Waals surface area contributed by atoms with E-state index in [0.29, 0.717) is 22.8 Å². The number of nitrogens with one attached hydrogen (secondary N) is 1. The number of nitrogens with zero attached hydrogens (tertiary/aromatic N) is 1. The molecule has 0 saturated carbocycles. The number of rotatable bonds is 5. The molecule has 0 aliphatic heterocycles. The lowest BCUT2D eigenvalue weighted by Crippen LogP contribution is -2.13. The van der Waals surface area contributed by atoms with Gasteiger partial charge in [-0.05, 0) is 48.4 Å². The monoisotopic (exact) mass is 446 g/mol. The molecule has 4 aromatic rings. The fourth-order valence-electron chi connectivity index (χ4n) is 3.06. The second-order valence-electron chi connectivity index (χ2n) is 6.59. The molecule has 1 aromatic heterocycles. The zero-order valence-electron chi connectivity index (χ0n) is 15.9. The molecule has 0 unspecified atom stereocenters. The molecule has 29 heavy (non-hydrogen) atoms. The maximum Gasteiger partial charge on any atom is 0.256 e. The number of aromatic nitrogens is 1. The van der Waals surface area contributed by atoms with E-state index in [4.69, 9.17) is 4.42 Å². The van der Waals surface area contributed by atoms with Gasteiger partial charge in [-0.1, -0.05) is 59.3 Å². The third-order valence-corrected chi connectivity index (χ3v) is 5.13. The van der Waals surface area contributed by atoms with Crippen molar-refractivity contribution < 1.29 is 9.21 Å². The van der Waals surface area contributed by atoms with Crippen LogP contribution < -0.4 is 5.32 Å². The smallest absolute Gasteiger partial charge is 0.256 e. The van der Waals surface area contributed by atoms with Gasteiger partial charge < -0.3 is 9.73 Å². The van der Waals surface area contributed by atoms with Crippen molar-refractivity contribution in [2.24, 2.45) is 0 Å². The van der Waals surface area contributed by atoms with Crippen LogP contribution >= 0.6 is 15.9 Å². The highest BCUT2D eigenvalue weighted by Crippen LogP contribution is 2.29. The molecular weight excluding hydrogens is 428 g/mol.